The second-order valence-corrected chi connectivity index (χ2v) is 9.74. The fourth-order valence-corrected chi connectivity index (χ4v) is 4.66. The second-order valence-electron chi connectivity index (χ2n) is 7.75. The number of fused-ring (bicyclic) bond motifs is 1. The van der Waals surface area contributed by atoms with Crippen molar-refractivity contribution in [2.45, 2.75) is 57.7 Å². The standard InChI is InChI=1S/C17H27N3OS/c1-12-9-13-10-17(5-7-18-8-6-17)15(14(13)11-19-12)20-22(21)16(2,3)4/h9,11,15,18,20H,5-8,10H2,1-4H3/t15-,22?/m1/s1. The molecule has 2 atom stereocenters. The molecular formula is C17H27N3OS. The maximum atomic E-state index is 12.7. The first-order chi connectivity index (χ1) is 10.3. The first-order valence-electron chi connectivity index (χ1n) is 8.16. The molecule has 122 valence electrons. The Bertz CT molecular complexity index is 549. The number of aryl methyl sites for hydroxylation is 1. The molecule has 0 amide bonds. The van der Waals surface area contributed by atoms with Gasteiger partial charge in [0.1, 0.15) is 4.75 Å². The summed E-state index contributed by atoms with van der Waals surface area (Å²) in [6.07, 6.45) is 5.32. The van der Waals surface area contributed by atoms with Crippen molar-refractivity contribution in [3.63, 3.8) is 0 Å². The van der Waals surface area contributed by atoms with Crippen molar-refractivity contribution in [2.24, 2.45) is 5.41 Å². The zero-order valence-electron chi connectivity index (χ0n) is 14.0. The molecule has 0 bridgehead atoms. The Hall–Kier alpha value is -0.620. The summed E-state index contributed by atoms with van der Waals surface area (Å²) in [5.41, 5.74) is 3.90. The molecule has 4 nitrogen and oxygen atoms in total. The lowest BCUT2D eigenvalue weighted by Crippen LogP contribution is -2.48. The van der Waals surface area contributed by atoms with Crippen molar-refractivity contribution >= 4 is 11.4 Å². The Kier molecular flexibility index (Phi) is 4.27. The van der Waals surface area contributed by atoms with Gasteiger partial charge in [-0.3, -0.25) is 4.98 Å². The zero-order valence-corrected chi connectivity index (χ0v) is 14.8. The van der Waals surface area contributed by atoms with Gasteiger partial charge < -0.3 is 9.87 Å². The molecule has 2 N–H and O–H groups in total. The Morgan fingerprint density at radius 2 is 2.05 bits per heavy atom. The van der Waals surface area contributed by atoms with Gasteiger partial charge in [-0.2, -0.15) is 0 Å². The average Bonchev–Trinajstić information content (AvgIpc) is 2.71. The topological polar surface area (TPSA) is 60.0 Å². The lowest BCUT2D eigenvalue weighted by molar-refractivity contribution is 0.163. The summed E-state index contributed by atoms with van der Waals surface area (Å²) in [5.74, 6) is 0. The predicted molar refractivity (Wildman–Crippen MR) is 91.0 cm³/mol. The van der Waals surface area contributed by atoms with Crippen LogP contribution in [0.5, 0.6) is 0 Å². The Morgan fingerprint density at radius 3 is 2.68 bits per heavy atom. The first-order valence-corrected chi connectivity index (χ1v) is 9.31. The van der Waals surface area contributed by atoms with Crippen molar-refractivity contribution in [1.82, 2.24) is 15.0 Å². The second kappa shape index (κ2) is 5.78. The molecule has 2 aliphatic rings. The molecule has 1 fully saturated rings. The van der Waals surface area contributed by atoms with Gasteiger partial charge >= 0.3 is 0 Å². The number of aromatic nitrogens is 1. The monoisotopic (exact) mass is 321 g/mol. The average molecular weight is 321 g/mol. The van der Waals surface area contributed by atoms with E-state index >= 15 is 0 Å². The summed E-state index contributed by atoms with van der Waals surface area (Å²) in [4.78, 5) is 4.49. The molecular weight excluding hydrogens is 294 g/mol. The molecule has 1 aliphatic carbocycles. The van der Waals surface area contributed by atoms with E-state index in [1.54, 1.807) is 0 Å². The minimum atomic E-state index is -1.07. The smallest absolute Gasteiger partial charge is 0.136 e. The number of rotatable bonds is 2. The highest BCUT2D eigenvalue weighted by Crippen LogP contribution is 2.51. The van der Waals surface area contributed by atoms with Crippen LogP contribution < -0.4 is 10.0 Å². The van der Waals surface area contributed by atoms with E-state index in [2.05, 4.69) is 21.1 Å². The van der Waals surface area contributed by atoms with Gasteiger partial charge in [-0.25, -0.2) is 0 Å². The highest BCUT2D eigenvalue weighted by Gasteiger charge is 2.49. The number of pyridine rings is 1. The zero-order chi connectivity index (χ0) is 16.0. The van der Waals surface area contributed by atoms with E-state index in [9.17, 15) is 4.55 Å². The summed E-state index contributed by atoms with van der Waals surface area (Å²) in [6.45, 7) is 10.2. The maximum Gasteiger partial charge on any atom is 0.136 e. The van der Waals surface area contributed by atoms with E-state index < -0.39 is 11.4 Å². The number of hydrogen-bond donors (Lipinski definition) is 2. The molecule has 1 unspecified atom stereocenters. The van der Waals surface area contributed by atoms with Gasteiger partial charge in [0.2, 0.25) is 0 Å². The van der Waals surface area contributed by atoms with Crippen molar-refractivity contribution in [2.75, 3.05) is 13.1 Å². The molecule has 0 radical (unpaired) electrons. The van der Waals surface area contributed by atoms with Crippen LogP contribution in [0.3, 0.4) is 0 Å². The quantitative estimate of drug-likeness (QED) is 0.821. The molecule has 5 heteroatoms. The van der Waals surface area contributed by atoms with Gasteiger partial charge in [0, 0.05) is 28.7 Å². The van der Waals surface area contributed by atoms with E-state index in [-0.39, 0.29) is 16.2 Å². The Labute approximate surface area is 136 Å². The fraction of sp³-hybridized carbons (Fsp3) is 0.706. The van der Waals surface area contributed by atoms with Crippen LogP contribution >= 0.6 is 0 Å². The normalized spacial score (nSPS) is 25.2. The van der Waals surface area contributed by atoms with Crippen LogP contribution in [0.1, 0.15) is 56.5 Å². The first kappa shape index (κ1) is 16.2. The van der Waals surface area contributed by atoms with Gasteiger partial charge in [0.25, 0.3) is 0 Å². The van der Waals surface area contributed by atoms with Crippen molar-refractivity contribution < 1.29 is 4.55 Å². The van der Waals surface area contributed by atoms with E-state index in [1.807, 2.05) is 33.9 Å². The van der Waals surface area contributed by atoms with E-state index in [0.29, 0.717) is 0 Å². The molecule has 3 rings (SSSR count). The number of nitrogens with one attached hydrogen (secondary N) is 2. The lowest BCUT2D eigenvalue weighted by atomic mass is 9.73. The van der Waals surface area contributed by atoms with Gasteiger partial charge in [0.05, 0.1) is 6.04 Å². The van der Waals surface area contributed by atoms with E-state index in [4.69, 9.17) is 0 Å². The molecule has 0 saturated carbocycles. The molecule has 0 aromatic carbocycles. The molecule has 1 spiro atoms. The van der Waals surface area contributed by atoms with Crippen LogP contribution in [-0.4, -0.2) is 27.4 Å². The van der Waals surface area contributed by atoms with Crippen LogP contribution in [0.15, 0.2) is 12.3 Å². The summed E-state index contributed by atoms with van der Waals surface area (Å²) < 4.78 is 15.9. The van der Waals surface area contributed by atoms with Crippen molar-refractivity contribution in [1.29, 1.82) is 0 Å². The number of nitrogens with zero attached hydrogens (tertiary/aromatic N) is 1. The van der Waals surface area contributed by atoms with Crippen LogP contribution in [0, 0.1) is 12.3 Å². The molecule has 2 heterocycles. The minimum Gasteiger partial charge on any atom is -0.598 e. The third-order valence-electron chi connectivity index (χ3n) is 5.01. The van der Waals surface area contributed by atoms with Crippen LogP contribution in [0.4, 0.5) is 0 Å². The number of hydrogen-bond acceptors (Lipinski definition) is 4. The maximum absolute atomic E-state index is 12.7. The third kappa shape index (κ3) is 2.92. The van der Waals surface area contributed by atoms with Gasteiger partial charge in [-0.1, -0.05) is 0 Å². The van der Waals surface area contributed by atoms with Gasteiger partial charge in [0.15, 0.2) is 0 Å². The molecule has 1 aromatic heterocycles. The lowest BCUT2D eigenvalue weighted by Gasteiger charge is -2.40. The van der Waals surface area contributed by atoms with E-state index in [0.717, 1.165) is 38.0 Å². The fourth-order valence-electron chi connectivity index (χ4n) is 3.71. The summed E-state index contributed by atoms with van der Waals surface area (Å²) >= 11 is -1.07. The van der Waals surface area contributed by atoms with E-state index in [1.165, 1.54) is 11.1 Å². The highest BCUT2D eigenvalue weighted by atomic mass is 32.2. The Morgan fingerprint density at radius 1 is 1.36 bits per heavy atom. The van der Waals surface area contributed by atoms with Crippen molar-refractivity contribution in [3.05, 3.63) is 29.1 Å². The SMILES string of the molecule is Cc1cc2c(cn1)[C@@H](N[S+]([O-])C(C)(C)C)C1(CCNCC1)C2. The van der Waals surface area contributed by atoms with Crippen LogP contribution in [0.2, 0.25) is 0 Å². The minimum absolute atomic E-state index is 0.151. The highest BCUT2D eigenvalue weighted by molar-refractivity contribution is 7.90. The van der Waals surface area contributed by atoms with Gasteiger partial charge in [-0.05, 0) is 77.2 Å². The predicted octanol–water partition coefficient (Wildman–Crippen LogP) is 2.41. The van der Waals surface area contributed by atoms with Crippen LogP contribution in [-0.2, 0) is 17.8 Å². The summed E-state index contributed by atoms with van der Waals surface area (Å²) in [7, 11) is 0. The summed E-state index contributed by atoms with van der Waals surface area (Å²) in [5, 5.41) is 3.46. The van der Waals surface area contributed by atoms with Gasteiger partial charge in [-0.15, -0.1) is 4.72 Å². The molecule has 1 aliphatic heterocycles. The molecule has 1 aromatic rings. The number of piperidine rings is 1. The summed E-state index contributed by atoms with van der Waals surface area (Å²) in [6, 6.07) is 2.36. The van der Waals surface area contributed by atoms with Crippen LogP contribution in [0.25, 0.3) is 0 Å². The largest absolute Gasteiger partial charge is 0.598 e. The Balaban J connectivity index is 1.94. The van der Waals surface area contributed by atoms with Crippen molar-refractivity contribution in [3.8, 4) is 0 Å². The third-order valence-corrected chi connectivity index (χ3v) is 6.57. The molecule has 22 heavy (non-hydrogen) atoms. The molecule has 1 saturated heterocycles.